The molecule has 2 aliphatic heterocycles. The van der Waals surface area contributed by atoms with Crippen molar-refractivity contribution in [1.82, 2.24) is 20.1 Å². The Morgan fingerprint density at radius 3 is 3.17 bits per heavy atom. The molecule has 2 bridgehead atoms. The van der Waals surface area contributed by atoms with E-state index >= 15 is 0 Å². The highest BCUT2D eigenvalue weighted by molar-refractivity contribution is 7.18. The molecule has 2 aliphatic rings. The topological polar surface area (TPSA) is 44.8 Å². The highest BCUT2D eigenvalue weighted by atomic mass is 32.1. The predicted molar refractivity (Wildman–Crippen MR) is 92.7 cm³/mol. The molecule has 5 heteroatoms. The third-order valence-corrected chi connectivity index (χ3v) is 6.45. The van der Waals surface area contributed by atoms with E-state index in [0.717, 1.165) is 24.9 Å². The minimum atomic E-state index is 0.561. The summed E-state index contributed by atoms with van der Waals surface area (Å²) >= 11 is 1.84. The van der Waals surface area contributed by atoms with E-state index in [-0.39, 0.29) is 0 Å². The Labute approximate surface area is 139 Å². The SMILES string of the molecule is c1ccc2sc(CCN3C4CCCC3c3cn[nH]c3C4)nc2c1. The number of aromatic nitrogens is 3. The quantitative estimate of drug-likeness (QED) is 0.799. The molecule has 0 amide bonds. The molecule has 0 saturated carbocycles. The van der Waals surface area contributed by atoms with E-state index in [1.54, 1.807) is 0 Å². The predicted octanol–water partition coefficient (Wildman–Crippen LogP) is 3.71. The summed E-state index contributed by atoms with van der Waals surface area (Å²) in [5.41, 5.74) is 3.95. The molecular weight excluding hydrogens is 304 g/mol. The molecule has 23 heavy (non-hydrogen) atoms. The van der Waals surface area contributed by atoms with E-state index < -0.39 is 0 Å². The standard InChI is InChI=1S/C18H20N4S/c1-2-7-17-14(5-1)20-18(23-17)8-9-22-12-4-3-6-16(22)13-11-19-21-15(13)10-12/h1-2,5,7,11-12,16H,3-4,6,8-10H2,(H,19,21). The van der Waals surface area contributed by atoms with Gasteiger partial charge in [-0.1, -0.05) is 12.1 Å². The lowest BCUT2D eigenvalue weighted by atomic mass is 9.83. The summed E-state index contributed by atoms with van der Waals surface area (Å²) in [4.78, 5) is 7.51. The van der Waals surface area contributed by atoms with Gasteiger partial charge in [-0.25, -0.2) is 4.98 Å². The molecule has 4 nitrogen and oxygen atoms in total. The lowest BCUT2D eigenvalue weighted by Crippen LogP contribution is -2.47. The van der Waals surface area contributed by atoms with E-state index in [1.165, 1.54) is 40.2 Å². The van der Waals surface area contributed by atoms with Crippen LogP contribution in [0.3, 0.4) is 0 Å². The van der Waals surface area contributed by atoms with Gasteiger partial charge < -0.3 is 0 Å². The van der Waals surface area contributed by atoms with Crippen LogP contribution in [-0.2, 0) is 12.8 Å². The smallest absolute Gasteiger partial charge is 0.0951 e. The van der Waals surface area contributed by atoms with Gasteiger partial charge in [-0.15, -0.1) is 11.3 Å². The van der Waals surface area contributed by atoms with Crippen LogP contribution in [0.25, 0.3) is 10.2 Å². The Morgan fingerprint density at radius 2 is 2.22 bits per heavy atom. The largest absolute Gasteiger partial charge is 0.292 e. The van der Waals surface area contributed by atoms with Gasteiger partial charge in [0.05, 0.1) is 21.4 Å². The summed E-state index contributed by atoms with van der Waals surface area (Å²) in [5.74, 6) is 0. The zero-order chi connectivity index (χ0) is 15.2. The number of piperidine rings is 1. The van der Waals surface area contributed by atoms with Crippen LogP contribution in [0.15, 0.2) is 30.5 Å². The summed E-state index contributed by atoms with van der Waals surface area (Å²) in [5, 5.41) is 8.76. The van der Waals surface area contributed by atoms with Gasteiger partial charge in [0, 0.05) is 42.7 Å². The Morgan fingerprint density at radius 1 is 1.26 bits per heavy atom. The molecule has 1 N–H and O–H groups in total. The summed E-state index contributed by atoms with van der Waals surface area (Å²) in [6.07, 6.45) is 8.16. The van der Waals surface area contributed by atoms with E-state index in [1.807, 2.05) is 17.5 Å². The average molecular weight is 324 g/mol. The van der Waals surface area contributed by atoms with Gasteiger partial charge in [-0.05, 0) is 31.4 Å². The molecule has 4 heterocycles. The van der Waals surface area contributed by atoms with Crippen molar-refractivity contribution in [1.29, 1.82) is 0 Å². The number of thiazole rings is 1. The molecule has 2 unspecified atom stereocenters. The molecule has 1 fully saturated rings. The Balaban J connectivity index is 1.38. The van der Waals surface area contributed by atoms with Gasteiger partial charge in [0.15, 0.2) is 0 Å². The summed E-state index contributed by atoms with van der Waals surface area (Å²) < 4.78 is 1.30. The number of nitrogens with zero attached hydrogens (tertiary/aromatic N) is 3. The third kappa shape index (κ3) is 2.30. The van der Waals surface area contributed by atoms with E-state index in [9.17, 15) is 0 Å². The number of hydrogen-bond donors (Lipinski definition) is 1. The molecule has 118 valence electrons. The van der Waals surface area contributed by atoms with Crippen LogP contribution in [0.1, 0.15) is 41.6 Å². The molecule has 2 aromatic heterocycles. The van der Waals surface area contributed by atoms with Crippen molar-refractivity contribution < 1.29 is 0 Å². The van der Waals surface area contributed by atoms with Crippen LogP contribution in [0.5, 0.6) is 0 Å². The van der Waals surface area contributed by atoms with Gasteiger partial charge >= 0.3 is 0 Å². The van der Waals surface area contributed by atoms with Crippen LogP contribution in [0.2, 0.25) is 0 Å². The van der Waals surface area contributed by atoms with Crippen molar-refractivity contribution in [2.24, 2.45) is 0 Å². The maximum atomic E-state index is 4.80. The van der Waals surface area contributed by atoms with Gasteiger partial charge in [-0.2, -0.15) is 5.10 Å². The molecule has 2 atom stereocenters. The number of H-pyrrole nitrogens is 1. The maximum Gasteiger partial charge on any atom is 0.0951 e. The molecule has 1 aromatic carbocycles. The number of hydrogen-bond acceptors (Lipinski definition) is 4. The first-order valence-electron chi connectivity index (χ1n) is 8.51. The molecule has 0 radical (unpaired) electrons. The monoisotopic (exact) mass is 324 g/mol. The zero-order valence-corrected chi connectivity index (χ0v) is 13.9. The van der Waals surface area contributed by atoms with Crippen molar-refractivity contribution in [3.8, 4) is 0 Å². The van der Waals surface area contributed by atoms with Crippen LogP contribution < -0.4 is 0 Å². The van der Waals surface area contributed by atoms with Crippen molar-refractivity contribution in [2.75, 3.05) is 6.54 Å². The Hall–Kier alpha value is -1.72. The summed E-state index contributed by atoms with van der Waals surface area (Å²) in [6, 6.07) is 9.69. The normalized spacial score (nSPS) is 24.0. The molecule has 1 saturated heterocycles. The Bertz CT molecular complexity index is 803. The second-order valence-corrected chi connectivity index (χ2v) is 7.79. The maximum absolute atomic E-state index is 4.80. The average Bonchev–Trinajstić information content (AvgIpc) is 3.18. The van der Waals surface area contributed by atoms with Gasteiger partial charge in [0.25, 0.3) is 0 Å². The number of para-hydroxylation sites is 1. The lowest BCUT2D eigenvalue weighted by molar-refractivity contribution is 0.0699. The highest BCUT2D eigenvalue weighted by Crippen LogP contribution is 2.41. The second kappa shape index (κ2) is 5.42. The second-order valence-electron chi connectivity index (χ2n) is 6.67. The van der Waals surface area contributed by atoms with Crippen LogP contribution in [-0.4, -0.2) is 32.7 Å². The van der Waals surface area contributed by atoms with E-state index in [0.29, 0.717) is 12.1 Å². The van der Waals surface area contributed by atoms with Crippen molar-refractivity contribution >= 4 is 21.6 Å². The number of benzene rings is 1. The fourth-order valence-corrected chi connectivity index (χ4v) is 5.24. The van der Waals surface area contributed by atoms with Crippen molar-refractivity contribution in [2.45, 2.75) is 44.2 Å². The van der Waals surface area contributed by atoms with Crippen LogP contribution in [0, 0.1) is 0 Å². The summed E-state index contributed by atoms with van der Waals surface area (Å²) in [7, 11) is 0. The molecule has 3 aromatic rings. The molecular formula is C18H20N4S. The van der Waals surface area contributed by atoms with E-state index in [2.05, 4.69) is 39.4 Å². The van der Waals surface area contributed by atoms with Gasteiger partial charge in [0.1, 0.15) is 0 Å². The highest BCUT2D eigenvalue weighted by Gasteiger charge is 2.37. The van der Waals surface area contributed by atoms with Gasteiger partial charge in [0.2, 0.25) is 0 Å². The lowest BCUT2D eigenvalue weighted by Gasteiger charge is -2.45. The summed E-state index contributed by atoms with van der Waals surface area (Å²) in [6.45, 7) is 1.11. The Kier molecular flexibility index (Phi) is 3.23. The molecule has 0 aliphatic carbocycles. The fraction of sp³-hybridized carbons (Fsp3) is 0.444. The van der Waals surface area contributed by atoms with Crippen molar-refractivity contribution in [3.63, 3.8) is 0 Å². The van der Waals surface area contributed by atoms with Crippen molar-refractivity contribution in [3.05, 3.63) is 46.7 Å². The third-order valence-electron chi connectivity index (χ3n) is 5.36. The number of fused-ring (bicyclic) bond motifs is 5. The fourth-order valence-electron chi connectivity index (χ4n) is 4.28. The first-order chi connectivity index (χ1) is 11.4. The zero-order valence-electron chi connectivity index (χ0n) is 13.0. The van der Waals surface area contributed by atoms with Crippen LogP contribution >= 0.6 is 11.3 Å². The minimum absolute atomic E-state index is 0.561. The molecule has 5 rings (SSSR count). The minimum Gasteiger partial charge on any atom is -0.292 e. The number of rotatable bonds is 3. The van der Waals surface area contributed by atoms with Gasteiger partial charge in [-0.3, -0.25) is 10.00 Å². The van der Waals surface area contributed by atoms with E-state index in [4.69, 9.17) is 4.98 Å². The number of nitrogens with one attached hydrogen (secondary N) is 1. The first-order valence-corrected chi connectivity index (χ1v) is 9.32. The first kappa shape index (κ1) is 13.7. The molecule has 0 spiro atoms. The number of aromatic amines is 1. The van der Waals surface area contributed by atoms with Crippen LogP contribution in [0.4, 0.5) is 0 Å².